The number of nitrogens with one attached hydrogen (secondary N) is 1. The van der Waals surface area contributed by atoms with Crippen molar-refractivity contribution in [1.82, 2.24) is 4.98 Å². The molecule has 4 heteroatoms. The van der Waals surface area contributed by atoms with Crippen LogP contribution in [-0.4, -0.2) is 17.3 Å². The molecular formula is C11H10FN2O. The summed E-state index contributed by atoms with van der Waals surface area (Å²) in [7, 11) is 0. The average molecular weight is 205 g/mol. The summed E-state index contributed by atoms with van der Waals surface area (Å²) in [4.78, 5) is 13.3. The molecule has 0 bridgehead atoms. The number of aromatic amines is 1. The predicted octanol–water partition coefficient (Wildman–Crippen LogP) is 1.29. The summed E-state index contributed by atoms with van der Waals surface area (Å²) in [6.07, 6.45) is 3.81. The molecule has 1 aromatic carbocycles. The largest absolute Gasteiger partial charge is 0.361 e. The Morgan fingerprint density at radius 3 is 3.07 bits per heavy atom. The van der Waals surface area contributed by atoms with E-state index in [0.29, 0.717) is 6.42 Å². The Bertz CT molecular complexity index is 492. The Morgan fingerprint density at radius 1 is 1.53 bits per heavy atom. The quantitative estimate of drug-likeness (QED) is 0.793. The molecule has 2 rings (SSSR count). The van der Waals surface area contributed by atoms with Gasteiger partial charge in [0.15, 0.2) is 0 Å². The molecule has 15 heavy (non-hydrogen) atoms. The van der Waals surface area contributed by atoms with Crippen LogP contribution in [0.25, 0.3) is 10.9 Å². The molecule has 0 aliphatic carbocycles. The number of H-pyrrole nitrogens is 1. The van der Waals surface area contributed by atoms with Crippen molar-refractivity contribution >= 4 is 17.2 Å². The number of hydrogen-bond donors (Lipinski definition) is 2. The Morgan fingerprint density at radius 2 is 2.33 bits per heavy atom. The molecule has 1 heterocycles. The van der Waals surface area contributed by atoms with Crippen LogP contribution in [0.4, 0.5) is 4.39 Å². The van der Waals surface area contributed by atoms with Crippen LogP contribution in [0, 0.1) is 5.82 Å². The Labute approximate surface area is 86.1 Å². The molecule has 0 fully saturated rings. The zero-order valence-corrected chi connectivity index (χ0v) is 7.96. The van der Waals surface area contributed by atoms with Gasteiger partial charge in [-0.05, 0) is 30.2 Å². The third-order valence-electron chi connectivity index (χ3n) is 2.32. The third kappa shape index (κ3) is 1.89. The maximum absolute atomic E-state index is 13.0. The van der Waals surface area contributed by atoms with E-state index in [4.69, 9.17) is 5.73 Å². The fourth-order valence-electron chi connectivity index (χ4n) is 1.60. The van der Waals surface area contributed by atoms with Crippen LogP contribution >= 0.6 is 0 Å². The van der Waals surface area contributed by atoms with Gasteiger partial charge in [-0.25, -0.2) is 4.39 Å². The standard InChI is InChI=1S/C11H10FN2O/c12-8-1-2-11-10(4-8)7(5-14-11)3-9(13)6-15/h1-2,4-5,9,14H,3,13H2/t9-/m1/s1. The smallest absolute Gasteiger partial charge is 0.217 e. The summed E-state index contributed by atoms with van der Waals surface area (Å²) in [6.45, 7) is 0. The maximum atomic E-state index is 13.0. The fourth-order valence-corrected chi connectivity index (χ4v) is 1.60. The van der Waals surface area contributed by atoms with Gasteiger partial charge < -0.3 is 10.7 Å². The summed E-state index contributed by atoms with van der Waals surface area (Å²) in [6, 6.07) is 3.81. The molecule has 1 aromatic heterocycles. The summed E-state index contributed by atoms with van der Waals surface area (Å²) in [5.74, 6) is -0.299. The molecule has 3 N–H and O–H groups in total. The van der Waals surface area contributed by atoms with Crippen LogP contribution in [0.1, 0.15) is 5.56 Å². The molecule has 77 valence electrons. The van der Waals surface area contributed by atoms with E-state index in [1.807, 2.05) is 0 Å². The first kappa shape index (κ1) is 9.86. The van der Waals surface area contributed by atoms with Gasteiger partial charge in [-0.3, -0.25) is 4.79 Å². The molecule has 0 spiro atoms. The van der Waals surface area contributed by atoms with Gasteiger partial charge in [-0.1, -0.05) is 0 Å². The summed E-state index contributed by atoms with van der Waals surface area (Å²) >= 11 is 0. The van der Waals surface area contributed by atoms with E-state index in [-0.39, 0.29) is 5.82 Å². The first-order valence-electron chi connectivity index (χ1n) is 4.59. The van der Waals surface area contributed by atoms with Crippen molar-refractivity contribution in [3.05, 3.63) is 35.8 Å². The van der Waals surface area contributed by atoms with Crippen molar-refractivity contribution in [2.24, 2.45) is 5.73 Å². The van der Waals surface area contributed by atoms with Gasteiger partial charge in [-0.2, -0.15) is 0 Å². The molecule has 0 saturated carbocycles. The van der Waals surface area contributed by atoms with Gasteiger partial charge in [0, 0.05) is 17.1 Å². The second-order valence-corrected chi connectivity index (χ2v) is 3.43. The van der Waals surface area contributed by atoms with Crippen molar-refractivity contribution in [3.63, 3.8) is 0 Å². The van der Waals surface area contributed by atoms with E-state index in [2.05, 4.69) is 4.98 Å². The molecule has 3 nitrogen and oxygen atoms in total. The van der Waals surface area contributed by atoms with Crippen LogP contribution in [0.3, 0.4) is 0 Å². The highest BCUT2D eigenvalue weighted by Crippen LogP contribution is 2.20. The zero-order chi connectivity index (χ0) is 10.8. The third-order valence-corrected chi connectivity index (χ3v) is 2.32. The Balaban J connectivity index is 2.43. The zero-order valence-electron chi connectivity index (χ0n) is 7.96. The molecule has 1 atom stereocenters. The molecule has 0 aliphatic heterocycles. The number of carbonyl (C=O) groups excluding carboxylic acids is 1. The van der Waals surface area contributed by atoms with Crippen LogP contribution < -0.4 is 5.73 Å². The number of benzene rings is 1. The number of nitrogens with two attached hydrogens (primary N) is 1. The van der Waals surface area contributed by atoms with Crippen molar-refractivity contribution in [2.45, 2.75) is 12.5 Å². The predicted molar refractivity (Wildman–Crippen MR) is 55.6 cm³/mol. The lowest BCUT2D eigenvalue weighted by Crippen LogP contribution is -2.23. The van der Waals surface area contributed by atoms with Gasteiger partial charge in [0.1, 0.15) is 5.82 Å². The minimum Gasteiger partial charge on any atom is -0.361 e. The van der Waals surface area contributed by atoms with Crippen LogP contribution in [-0.2, 0) is 11.2 Å². The monoisotopic (exact) mass is 205 g/mol. The minimum atomic E-state index is -0.660. The lowest BCUT2D eigenvalue weighted by Gasteiger charge is -2.01. The lowest BCUT2D eigenvalue weighted by molar-refractivity contribution is 0.541. The fraction of sp³-hybridized carbons (Fsp3) is 0.182. The van der Waals surface area contributed by atoms with E-state index >= 15 is 0 Å². The molecule has 2 aromatic rings. The molecule has 0 unspecified atom stereocenters. The highest BCUT2D eigenvalue weighted by Gasteiger charge is 2.09. The lowest BCUT2D eigenvalue weighted by atomic mass is 10.1. The van der Waals surface area contributed by atoms with E-state index in [1.165, 1.54) is 12.1 Å². The highest BCUT2D eigenvalue weighted by molar-refractivity contribution is 5.83. The number of rotatable bonds is 3. The van der Waals surface area contributed by atoms with E-state index < -0.39 is 6.04 Å². The van der Waals surface area contributed by atoms with E-state index in [9.17, 15) is 9.18 Å². The van der Waals surface area contributed by atoms with Crippen molar-refractivity contribution in [2.75, 3.05) is 0 Å². The SMILES string of the molecule is N[C@@H]([C]=O)Cc1c[nH]c2ccc(F)cc12. The second kappa shape index (κ2) is 3.82. The normalized spacial score (nSPS) is 12.9. The first-order chi connectivity index (χ1) is 7.20. The molecule has 0 saturated heterocycles. The van der Waals surface area contributed by atoms with E-state index in [1.54, 1.807) is 18.5 Å². The van der Waals surface area contributed by atoms with Gasteiger partial charge in [0.05, 0.1) is 6.04 Å². The van der Waals surface area contributed by atoms with Gasteiger partial charge in [-0.15, -0.1) is 0 Å². The van der Waals surface area contributed by atoms with Gasteiger partial charge in [0.2, 0.25) is 6.29 Å². The van der Waals surface area contributed by atoms with Gasteiger partial charge in [0.25, 0.3) is 0 Å². The first-order valence-corrected chi connectivity index (χ1v) is 4.59. The average Bonchev–Trinajstić information content (AvgIpc) is 2.61. The molecule has 0 aliphatic rings. The van der Waals surface area contributed by atoms with Crippen LogP contribution in [0.5, 0.6) is 0 Å². The summed E-state index contributed by atoms with van der Waals surface area (Å²) in [5, 5.41) is 0.765. The number of halogens is 1. The van der Waals surface area contributed by atoms with Crippen molar-refractivity contribution < 1.29 is 9.18 Å². The van der Waals surface area contributed by atoms with Crippen molar-refractivity contribution in [3.8, 4) is 0 Å². The van der Waals surface area contributed by atoms with Crippen LogP contribution in [0.15, 0.2) is 24.4 Å². The highest BCUT2D eigenvalue weighted by atomic mass is 19.1. The maximum Gasteiger partial charge on any atom is 0.217 e. The minimum absolute atomic E-state index is 0.299. The van der Waals surface area contributed by atoms with Gasteiger partial charge >= 0.3 is 0 Å². The summed E-state index contributed by atoms with van der Waals surface area (Å²) < 4.78 is 13.0. The van der Waals surface area contributed by atoms with E-state index in [0.717, 1.165) is 16.5 Å². The second-order valence-electron chi connectivity index (χ2n) is 3.43. The number of aromatic nitrogens is 1. The topological polar surface area (TPSA) is 58.9 Å². The Kier molecular flexibility index (Phi) is 2.51. The Hall–Kier alpha value is -1.68. The molecule has 1 radical (unpaired) electrons. The van der Waals surface area contributed by atoms with Crippen LogP contribution in [0.2, 0.25) is 0 Å². The number of fused-ring (bicyclic) bond motifs is 1. The summed E-state index contributed by atoms with van der Waals surface area (Å²) in [5.41, 5.74) is 7.13. The number of hydrogen-bond acceptors (Lipinski definition) is 2. The molecular weight excluding hydrogens is 195 g/mol. The van der Waals surface area contributed by atoms with Crippen molar-refractivity contribution in [1.29, 1.82) is 0 Å². The molecule has 0 amide bonds.